The Kier molecular flexibility index (Phi) is 4.26. The Hall–Kier alpha value is -0.0800. The average molecular weight is 224 g/mol. The number of nitrogens with one attached hydrogen (secondary N) is 1. The van der Waals surface area contributed by atoms with Crippen LogP contribution in [0.15, 0.2) is 0 Å². The Morgan fingerprint density at radius 3 is 2.69 bits per heavy atom. The summed E-state index contributed by atoms with van der Waals surface area (Å²) in [5.74, 6) is 0. The third-order valence-electron chi connectivity index (χ3n) is 4.12. The van der Waals surface area contributed by atoms with Crippen molar-refractivity contribution in [2.24, 2.45) is 0 Å². The van der Waals surface area contributed by atoms with E-state index < -0.39 is 0 Å². The van der Waals surface area contributed by atoms with Crippen LogP contribution in [0.5, 0.6) is 0 Å². The van der Waals surface area contributed by atoms with Gasteiger partial charge in [-0.3, -0.25) is 4.90 Å². The van der Waals surface area contributed by atoms with Crippen LogP contribution in [0, 0.1) is 0 Å². The molecule has 1 saturated heterocycles. The van der Waals surface area contributed by atoms with E-state index in [1.165, 1.54) is 64.6 Å². The van der Waals surface area contributed by atoms with Crippen molar-refractivity contribution in [3.05, 3.63) is 0 Å². The van der Waals surface area contributed by atoms with Crippen LogP contribution in [0.25, 0.3) is 0 Å². The highest BCUT2D eigenvalue weighted by Crippen LogP contribution is 2.30. The number of nitrogens with zero attached hydrogens (tertiary/aromatic N) is 1. The van der Waals surface area contributed by atoms with Crippen LogP contribution in [0.3, 0.4) is 0 Å². The fourth-order valence-corrected chi connectivity index (χ4v) is 2.89. The summed E-state index contributed by atoms with van der Waals surface area (Å²) in [4.78, 5) is 2.75. The van der Waals surface area contributed by atoms with Gasteiger partial charge in [-0.1, -0.05) is 19.8 Å². The lowest BCUT2D eigenvalue weighted by Crippen LogP contribution is -2.54. The first-order chi connectivity index (χ1) is 7.73. The second-order valence-corrected chi connectivity index (χ2v) is 6.00. The van der Waals surface area contributed by atoms with E-state index in [1.54, 1.807) is 0 Å². The van der Waals surface area contributed by atoms with E-state index in [2.05, 4.69) is 24.1 Å². The van der Waals surface area contributed by atoms with E-state index in [-0.39, 0.29) is 0 Å². The van der Waals surface area contributed by atoms with Crippen molar-refractivity contribution in [1.82, 2.24) is 10.2 Å². The van der Waals surface area contributed by atoms with Gasteiger partial charge >= 0.3 is 0 Å². The molecule has 1 aliphatic carbocycles. The van der Waals surface area contributed by atoms with Gasteiger partial charge in [-0.25, -0.2) is 0 Å². The molecule has 0 amide bonds. The number of hydrogen-bond acceptors (Lipinski definition) is 2. The third kappa shape index (κ3) is 3.46. The van der Waals surface area contributed by atoms with Crippen molar-refractivity contribution in [3.8, 4) is 0 Å². The zero-order valence-corrected chi connectivity index (χ0v) is 11.1. The topological polar surface area (TPSA) is 15.3 Å². The highest BCUT2D eigenvalue weighted by atomic mass is 15.2. The molecule has 0 radical (unpaired) electrons. The van der Waals surface area contributed by atoms with E-state index in [1.807, 2.05) is 0 Å². The van der Waals surface area contributed by atoms with E-state index in [9.17, 15) is 0 Å². The Morgan fingerprint density at radius 2 is 2.12 bits per heavy atom. The summed E-state index contributed by atoms with van der Waals surface area (Å²) in [5.41, 5.74) is 0.397. The maximum atomic E-state index is 3.74. The van der Waals surface area contributed by atoms with Crippen LogP contribution in [0.2, 0.25) is 0 Å². The fourth-order valence-electron chi connectivity index (χ4n) is 2.89. The minimum atomic E-state index is 0.397. The van der Waals surface area contributed by atoms with Gasteiger partial charge in [0.1, 0.15) is 0 Å². The van der Waals surface area contributed by atoms with Gasteiger partial charge in [0, 0.05) is 18.1 Å². The van der Waals surface area contributed by atoms with Crippen LogP contribution in [-0.4, -0.2) is 36.1 Å². The second-order valence-electron chi connectivity index (χ2n) is 6.00. The van der Waals surface area contributed by atoms with Gasteiger partial charge < -0.3 is 5.32 Å². The first kappa shape index (κ1) is 12.4. The quantitative estimate of drug-likeness (QED) is 0.746. The van der Waals surface area contributed by atoms with Gasteiger partial charge in [-0.05, 0) is 52.1 Å². The van der Waals surface area contributed by atoms with Gasteiger partial charge in [-0.2, -0.15) is 0 Å². The molecule has 2 nitrogen and oxygen atoms in total. The molecule has 0 bridgehead atoms. The van der Waals surface area contributed by atoms with Crippen molar-refractivity contribution >= 4 is 0 Å². The zero-order valence-electron chi connectivity index (χ0n) is 11.1. The molecule has 0 spiro atoms. The molecule has 2 rings (SSSR count). The molecule has 2 heteroatoms. The Morgan fingerprint density at radius 1 is 1.31 bits per heavy atom. The molecule has 0 aromatic heterocycles. The average Bonchev–Trinajstić information content (AvgIpc) is 3.09. The lowest BCUT2D eigenvalue weighted by atomic mass is 9.90. The van der Waals surface area contributed by atoms with Crippen molar-refractivity contribution in [2.75, 3.05) is 19.6 Å². The highest BCUT2D eigenvalue weighted by Gasteiger charge is 2.35. The molecule has 1 aliphatic heterocycles. The summed E-state index contributed by atoms with van der Waals surface area (Å²) >= 11 is 0. The summed E-state index contributed by atoms with van der Waals surface area (Å²) in [6.45, 7) is 8.54. The summed E-state index contributed by atoms with van der Waals surface area (Å²) in [5, 5.41) is 3.74. The number of hydrogen-bond donors (Lipinski definition) is 1. The molecule has 2 aliphatic rings. The molecule has 1 saturated carbocycles. The summed E-state index contributed by atoms with van der Waals surface area (Å²) in [6.07, 6.45) is 9.73. The molecule has 94 valence electrons. The third-order valence-corrected chi connectivity index (χ3v) is 4.12. The van der Waals surface area contributed by atoms with Crippen molar-refractivity contribution < 1.29 is 0 Å². The predicted octanol–water partition coefficient (Wildman–Crippen LogP) is 2.78. The van der Waals surface area contributed by atoms with Gasteiger partial charge in [0.25, 0.3) is 0 Å². The maximum absolute atomic E-state index is 3.74. The normalized spacial score (nSPS) is 30.9. The standard InChI is InChI=1S/C14H28N2/c1-3-4-11-16(13-7-8-13)12-14(2)9-5-6-10-15-14/h13,15H,3-12H2,1-2H3. The lowest BCUT2D eigenvalue weighted by molar-refractivity contribution is 0.155. The van der Waals surface area contributed by atoms with Crippen LogP contribution in [0.4, 0.5) is 0 Å². The van der Waals surface area contributed by atoms with Gasteiger partial charge in [0.15, 0.2) is 0 Å². The lowest BCUT2D eigenvalue weighted by Gasteiger charge is -2.39. The van der Waals surface area contributed by atoms with E-state index in [0.717, 1.165) is 6.04 Å². The minimum Gasteiger partial charge on any atom is -0.310 e. The molecular weight excluding hydrogens is 196 g/mol. The minimum absolute atomic E-state index is 0.397. The van der Waals surface area contributed by atoms with Crippen molar-refractivity contribution in [3.63, 3.8) is 0 Å². The maximum Gasteiger partial charge on any atom is 0.0280 e. The Balaban J connectivity index is 1.83. The summed E-state index contributed by atoms with van der Waals surface area (Å²) in [6, 6.07) is 0.923. The molecular formula is C14H28N2. The number of piperidine rings is 1. The number of rotatable bonds is 6. The molecule has 16 heavy (non-hydrogen) atoms. The van der Waals surface area contributed by atoms with Crippen LogP contribution < -0.4 is 5.32 Å². The molecule has 2 fully saturated rings. The largest absolute Gasteiger partial charge is 0.310 e. The van der Waals surface area contributed by atoms with Crippen molar-refractivity contribution in [1.29, 1.82) is 0 Å². The predicted molar refractivity (Wildman–Crippen MR) is 69.8 cm³/mol. The van der Waals surface area contributed by atoms with E-state index >= 15 is 0 Å². The molecule has 0 aromatic rings. The van der Waals surface area contributed by atoms with Gasteiger partial charge in [0.05, 0.1) is 0 Å². The zero-order chi connectivity index (χ0) is 11.4. The molecule has 1 N–H and O–H groups in total. The Bertz CT molecular complexity index is 205. The monoisotopic (exact) mass is 224 g/mol. The van der Waals surface area contributed by atoms with Crippen molar-refractivity contribution in [2.45, 2.75) is 70.4 Å². The molecule has 0 aromatic carbocycles. The molecule has 1 heterocycles. The van der Waals surface area contributed by atoms with Gasteiger partial charge in [0.2, 0.25) is 0 Å². The summed E-state index contributed by atoms with van der Waals surface area (Å²) < 4.78 is 0. The molecule has 1 unspecified atom stereocenters. The van der Waals surface area contributed by atoms with Crippen LogP contribution >= 0.6 is 0 Å². The first-order valence-corrected chi connectivity index (χ1v) is 7.22. The Labute approximate surface area is 101 Å². The fraction of sp³-hybridized carbons (Fsp3) is 1.00. The highest BCUT2D eigenvalue weighted by molar-refractivity contribution is 4.94. The van der Waals surface area contributed by atoms with E-state index in [0.29, 0.717) is 5.54 Å². The first-order valence-electron chi connectivity index (χ1n) is 7.22. The number of unbranched alkanes of at least 4 members (excludes halogenated alkanes) is 1. The second kappa shape index (κ2) is 5.50. The van der Waals surface area contributed by atoms with E-state index in [4.69, 9.17) is 0 Å². The van der Waals surface area contributed by atoms with Crippen LogP contribution in [-0.2, 0) is 0 Å². The van der Waals surface area contributed by atoms with Crippen LogP contribution in [0.1, 0.15) is 58.8 Å². The SMILES string of the molecule is CCCCN(CC1(C)CCCCN1)C1CC1. The van der Waals surface area contributed by atoms with Gasteiger partial charge in [-0.15, -0.1) is 0 Å². The summed E-state index contributed by atoms with van der Waals surface area (Å²) in [7, 11) is 0. The molecule has 1 atom stereocenters. The smallest absolute Gasteiger partial charge is 0.0280 e.